The number of nitrogens with two attached hydrogens (primary N) is 1. The molecule has 0 aliphatic carbocycles. The van der Waals surface area contributed by atoms with Gasteiger partial charge in [-0.05, 0) is 11.6 Å². The average molecular weight is 251 g/mol. The van der Waals surface area contributed by atoms with E-state index in [1.165, 1.54) is 0 Å². The number of rotatable bonds is 4. The van der Waals surface area contributed by atoms with E-state index in [4.69, 9.17) is 22.4 Å². The van der Waals surface area contributed by atoms with Crippen molar-refractivity contribution in [2.75, 3.05) is 0 Å². The molecule has 0 amide bonds. The van der Waals surface area contributed by atoms with Gasteiger partial charge in [-0.2, -0.15) is 0 Å². The minimum Gasteiger partial charge on any atom is -0.481 e. The lowest BCUT2D eigenvalue weighted by atomic mass is 10.1. The van der Waals surface area contributed by atoms with Crippen molar-refractivity contribution in [2.24, 2.45) is 5.73 Å². The highest BCUT2D eigenvalue weighted by Crippen LogP contribution is 2.27. The van der Waals surface area contributed by atoms with Crippen molar-refractivity contribution in [1.82, 2.24) is 4.98 Å². The summed E-state index contributed by atoms with van der Waals surface area (Å²) in [5.74, 6) is -1.12. The van der Waals surface area contributed by atoms with E-state index >= 15 is 0 Å². The minimum absolute atomic E-state index is 0.0630. The molecule has 16 heavy (non-hydrogen) atoms. The topological polar surface area (TPSA) is 76.2 Å². The number of pyridine rings is 1. The van der Waals surface area contributed by atoms with Crippen molar-refractivity contribution in [2.45, 2.75) is 19.4 Å². The Labute approximate surface area is 95.0 Å². The predicted octanol–water partition coefficient (Wildman–Crippen LogP) is 1.76. The van der Waals surface area contributed by atoms with Crippen LogP contribution in [0, 0.1) is 0 Å². The Morgan fingerprint density at radius 1 is 1.62 bits per heavy atom. The molecule has 88 valence electrons. The summed E-state index contributed by atoms with van der Waals surface area (Å²) in [7, 11) is 0. The number of nitrogens with zero attached hydrogens (tertiary/aromatic N) is 1. The lowest BCUT2D eigenvalue weighted by molar-refractivity contribution is -0.136. The maximum absolute atomic E-state index is 12.5. The summed E-state index contributed by atoms with van der Waals surface area (Å²) < 4.78 is 24.9. The third-order valence-corrected chi connectivity index (χ3v) is 2.25. The van der Waals surface area contributed by atoms with E-state index < -0.39 is 24.4 Å². The Morgan fingerprint density at radius 2 is 2.25 bits per heavy atom. The van der Waals surface area contributed by atoms with Crippen LogP contribution in [0.15, 0.2) is 6.07 Å². The van der Waals surface area contributed by atoms with Gasteiger partial charge >= 0.3 is 5.97 Å². The van der Waals surface area contributed by atoms with E-state index in [2.05, 4.69) is 4.98 Å². The van der Waals surface area contributed by atoms with Crippen molar-refractivity contribution in [3.8, 4) is 0 Å². The monoisotopic (exact) mass is 250 g/mol. The van der Waals surface area contributed by atoms with Gasteiger partial charge in [-0.15, -0.1) is 0 Å². The summed E-state index contributed by atoms with van der Waals surface area (Å²) >= 11 is 5.51. The molecule has 0 saturated heterocycles. The third kappa shape index (κ3) is 2.86. The van der Waals surface area contributed by atoms with Gasteiger partial charge in [0.2, 0.25) is 0 Å². The first-order chi connectivity index (χ1) is 7.45. The second-order valence-corrected chi connectivity index (χ2v) is 3.41. The summed E-state index contributed by atoms with van der Waals surface area (Å²) in [5.41, 5.74) is 5.27. The Morgan fingerprint density at radius 3 is 2.69 bits per heavy atom. The van der Waals surface area contributed by atoms with Crippen molar-refractivity contribution in [1.29, 1.82) is 0 Å². The molecular formula is C9H9ClF2N2O2. The molecule has 0 radical (unpaired) electrons. The molecule has 0 aliphatic heterocycles. The lowest BCUT2D eigenvalue weighted by Gasteiger charge is -2.09. The Balaban J connectivity index is 3.20. The van der Waals surface area contributed by atoms with Gasteiger partial charge in [0.05, 0.1) is 17.7 Å². The van der Waals surface area contributed by atoms with Crippen LogP contribution in [-0.2, 0) is 17.8 Å². The fourth-order valence-electron chi connectivity index (χ4n) is 1.21. The molecule has 7 heteroatoms. The molecule has 0 aromatic carbocycles. The molecular weight excluding hydrogens is 242 g/mol. The summed E-state index contributed by atoms with van der Waals surface area (Å²) in [6, 6.07) is 1.10. The molecule has 0 spiro atoms. The highest BCUT2D eigenvalue weighted by molar-refractivity contribution is 6.30. The molecule has 3 N–H and O–H groups in total. The number of aromatic nitrogens is 1. The van der Waals surface area contributed by atoms with Gasteiger partial charge in [-0.1, -0.05) is 11.6 Å². The molecule has 1 aromatic heterocycles. The van der Waals surface area contributed by atoms with Crippen LogP contribution < -0.4 is 5.73 Å². The van der Waals surface area contributed by atoms with Gasteiger partial charge in [0.1, 0.15) is 5.15 Å². The zero-order valence-corrected chi connectivity index (χ0v) is 8.84. The second-order valence-electron chi connectivity index (χ2n) is 3.05. The lowest BCUT2D eigenvalue weighted by Crippen LogP contribution is -2.10. The molecule has 1 rings (SSSR count). The number of hydrogen-bond acceptors (Lipinski definition) is 3. The van der Waals surface area contributed by atoms with Crippen LogP contribution in [0.5, 0.6) is 0 Å². The largest absolute Gasteiger partial charge is 0.481 e. The first-order valence-electron chi connectivity index (χ1n) is 4.34. The van der Waals surface area contributed by atoms with Gasteiger partial charge in [0.15, 0.2) is 0 Å². The first-order valence-corrected chi connectivity index (χ1v) is 4.71. The molecule has 4 nitrogen and oxygen atoms in total. The average Bonchev–Trinajstić information content (AvgIpc) is 2.16. The number of halogens is 3. The Hall–Kier alpha value is -1.27. The molecule has 0 unspecified atom stereocenters. The first kappa shape index (κ1) is 12.8. The zero-order chi connectivity index (χ0) is 12.3. The van der Waals surface area contributed by atoms with E-state index in [1.54, 1.807) is 0 Å². The van der Waals surface area contributed by atoms with E-state index in [1.807, 2.05) is 0 Å². The number of aliphatic carboxylic acids is 1. The number of carbonyl (C=O) groups is 1. The summed E-state index contributed by atoms with van der Waals surface area (Å²) in [6.45, 7) is -0.0630. The summed E-state index contributed by atoms with van der Waals surface area (Å²) in [5, 5.41) is 8.20. The predicted molar refractivity (Wildman–Crippen MR) is 53.4 cm³/mol. The van der Waals surface area contributed by atoms with E-state index in [0.29, 0.717) is 0 Å². The number of carboxylic acid groups (broad SMARTS) is 1. The van der Waals surface area contributed by atoms with E-state index in [0.717, 1.165) is 6.07 Å². The van der Waals surface area contributed by atoms with E-state index in [-0.39, 0.29) is 23.0 Å². The van der Waals surface area contributed by atoms with Crippen LogP contribution in [0.2, 0.25) is 5.15 Å². The van der Waals surface area contributed by atoms with Crippen molar-refractivity contribution in [3.05, 3.63) is 28.0 Å². The zero-order valence-electron chi connectivity index (χ0n) is 8.08. The Bertz CT molecular complexity index is 413. The van der Waals surface area contributed by atoms with Gasteiger partial charge in [0.25, 0.3) is 6.43 Å². The fourth-order valence-corrected chi connectivity index (χ4v) is 1.45. The van der Waals surface area contributed by atoms with Crippen molar-refractivity contribution < 1.29 is 18.7 Å². The number of carboxylic acids is 1. The molecule has 0 atom stereocenters. The summed E-state index contributed by atoms with van der Waals surface area (Å²) in [6.07, 6.45) is -3.15. The second kappa shape index (κ2) is 5.18. The van der Waals surface area contributed by atoms with Crippen LogP contribution in [-0.4, -0.2) is 16.1 Å². The standard InChI is InChI=1S/C9H9ClF2N2O2/c10-8-5(9(11)12)1-4(3-13)6(14-8)2-7(15)16/h1,9H,2-3,13H2,(H,15,16). The van der Waals surface area contributed by atoms with Gasteiger partial charge in [-0.3, -0.25) is 4.79 Å². The van der Waals surface area contributed by atoms with Crippen LogP contribution in [0.25, 0.3) is 0 Å². The molecule has 0 bridgehead atoms. The normalized spacial score (nSPS) is 10.8. The number of alkyl halides is 2. The molecule has 1 heterocycles. The Kier molecular flexibility index (Phi) is 4.14. The quantitative estimate of drug-likeness (QED) is 0.799. The molecule has 1 aromatic rings. The fraction of sp³-hybridized carbons (Fsp3) is 0.333. The highest BCUT2D eigenvalue weighted by atomic mass is 35.5. The van der Waals surface area contributed by atoms with Gasteiger partial charge < -0.3 is 10.8 Å². The molecule has 0 aliphatic rings. The van der Waals surface area contributed by atoms with Crippen molar-refractivity contribution in [3.63, 3.8) is 0 Å². The highest BCUT2D eigenvalue weighted by Gasteiger charge is 2.17. The SMILES string of the molecule is NCc1cc(C(F)F)c(Cl)nc1CC(=O)O. The number of hydrogen-bond donors (Lipinski definition) is 2. The smallest absolute Gasteiger partial charge is 0.309 e. The maximum Gasteiger partial charge on any atom is 0.309 e. The maximum atomic E-state index is 12.5. The molecule has 0 saturated carbocycles. The van der Waals surface area contributed by atoms with E-state index in [9.17, 15) is 13.6 Å². The van der Waals surface area contributed by atoms with Crippen molar-refractivity contribution >= 4 is 17.6 Å². The summed E-state index contributed by atoms with van der Waals surface area (Å²) in [4.78, 5) is 14.1. The van der Waals surface area contributed by atoms with Crippen LogP contribution in [0.3, 0.4) is 0 Å². The third-order valence-electron chi connectivity index (χ3n) is 1.95. The van der Waals surface area contributed by atoms with Gasteiger partial charge in [0, 0.05) is 6.54 Å². The van der Waals surface area contributed by atoms with Crippen LogP contribution in [0.4, 0.5) is 8.78 Å². The minimum atomic E-state index is -2.76. The molecule has 0 fully saturated rings. The van der Waals surface area contributed by atoms with Crippen LogP contribution >= 0.6 is 11.6 Å². The van der Waals surface area contributed by atoms with Gasteiger partial charge in [-0.25, -0.2) is 13.8 Å². The van der Waals surface area contributed by atoms with Crippen LogP contribution in [0.1, 0.15) is 23.2 Å².